The highest BCUT2D eigenvalue weighted by molar-refractivity contribution is 7.89. The number of sulfonamides is 1. The first-order chi connectivity index (χ1) is 18.8. The van der Waals surface area contributed by atoms with Gasteiger partial charge < -0.3 is 20.5 Å². The summed E-state index contributed by atoms with van der Waals surface area (Å²) >= 11 is 0. The van der Waals surface area contributed by atoms with Crippen molar-refractivity contribution in [3.63, 3.8) is 0 Å². The van der Waals surface area contributed by atoms with Crippen molar-refractivity contribution in [2.45, 2.75) is 30.8 Å². The van der Waals surface area contributed by atoms with Crippen molar-refractivity contribution in [2.24, 2.45) is 5.73 Å². The Balaban J connectivity index is 1.43. The molecule has 10 nitrogen and oxygen atoms in total. The van der Waals surface area contributed by atoms with E-state index < -0.39 is 15.9 Å². The maximum Gasteiger partial charge on any atom is 0.255 e. The second-order valence-electron chi connectivity index (χ2n) is 9.31. The molecule has 1 aromatic heterocycles. The number of fused-ring (bicyclic) bond motifs is 1. The Morgan fingerprint density at radius 1 is 1.08 bits per heavy atom. The van der Waals surface area contributed by atoms with Crippen molar-refractivity contribution in [1.29, 1.82) is 0 Å². The topological polar surface area (TPSA) is 146 Å². The summed E-state index contributed by atoms with van der Waals surface area (Å²) in [7, 11) is -3.75. The highest BCUT2D eigenvalue weighted by Gasteiger charge is 2.23. The minimum atomic E-state index is -3.75. The van der Waals surface area contributed by atoms with Gasteiger partial charge in [-0.15, -0.1) is 10.2 Å². The number of anilines is 2. The number of primary amides is 1. The van der Waals surface area contributed by atoms with E-state index in [0.29, 0.717) is 35.0 Å². The first-order valence-electron chi connectivity index (χ1n) is 12.6. The predicted octanol–water partition coefficient (Wildman–Crippen LogP) is 3.67. The summed E-state index contributed by atoms with van der Waals surface area (Å²) < 4.78 is 39.9. The van der Waals surface area contributed by atoms with E-state index in [0.717, 1.165) is 29.3 Å². The lowest BCUT2D eigenvalue weighted by Crippen LogP contribution is -2.32. The smallest absolute Gasteiger partial charge is 0.255 e. The molecule has 2 heterocycles. The fraction of sp³-hybridized carbons (Fsp3) is 0.250. The lowest BCUT2D eigenvalue weighted by molar-refractivity contribution is -0.119. The molecule has 39 heavy (non-hydrogen) atoms. The first-order valence-corrected chi connectivity index (χ1v) is 14.0. The third-order valence-corrected chi connectivity index (χ3v) is 8.03. The SMILES string of the molecule is Cc1ccc(-c2nnc(Nc3ccc(OCC(N)=O)cc3)c3ccccc23)cc1S(=O)(=O)NCC1CCCO1. The molecule has 1 unspecified atom stereocenters. The number of carbonyl (C=O) groups is 1. The molecule has 0 saturated carbocycles. The highest BCUT2D eigenvalue weighted by Crippen LogP contribution is 2.33. The normalized spacial score (nSPS) is 15.4. The number of hydrogen-bond donors (Lipinski definition) is 3. The molecule has 3 aromatic carbocycles. The number of nitrogens with zero attached hydrogens (tertiary/aromatic N) is 2. The number of hydrogen-bond acceptors (Lipinski definition) is 8. The fourth-order valence-corrected chi connectivity index (χ4v) is 5.79. The van der Waals surface area contributed by atoms with Gasteiger partial charge in [0.05, 0.1) is 11.0 Å². The van der Waals surface area contributed by atoms with E-state index in [-0.39, 0.29) is 24.2 Å². The average Bonchev–Trinajstić information content (AvgIpc) is 3.46. The van der Waals surface area contributed by atoms with Gasteiger partial charge in [-0.3, -0.25) is 4.79 Å². The van der Waals surface area contributed by atoms with Crippen LogP contribution in [0, 0.1) is 6.92 Å². The van der Waals surface area contributed by atoms with Gasteiger partial charge in [0.1, 0.15) is 11.4 Å². The van der Waals surface area contributed by atoms with Crippen LogP contribution < -0.4 is 20.5 Å². The molecule has 1 aliphatic rings. The van der Waals surface area contributed by atoms with Crippen LogP contribution >= 0.6 is 0 Å². The molecule has 5 rings (SSSR count). The minimum Gasteiger partial charge on any atom is -0.484 e. The van der Waals surface area contributed by atoms with Crippen LogP contribution in [0.4, 0.5) is 11.5 Å². The molecule has 0 bridgehead atoms. The van der Waals surface area contributed by atoms with Gasteiger partial charge in [0, 0.05) is 35.2 Å². The van der Waals surface area contributed by atoms with Gasteiger partial charge in [0.25, 0.3) is 5.91 Å². The third kappa shape index (κ3) is 6.17. The Bertz CT molecular complexity index is 1600. The molecule has 1 amide bonds. The quantitative estimate of drug-likeness (QED) is 0.273. The van der Waals surface area contributed by atoms with Crippen LogP contribution in [0.25, 0.3) is 22.0 Å². The lowest BCUT2D eigenvalue weighted by atomic mass is 10.0. The van der Waals surface area contributed by atoms with E-state index >= 15 is 0 Å². The lowest BCUT2D eigenvalue weighted by Gasteiger charge is -2.15. The Labute approximate surface area is 226 Å². The van der Waals surface area contributed by atoms with Gasteiger partial charge in [-0.25, -0.2) is 13.1 Å². The zero-order valence-corrected chi connectivity index (χ0v) is 22.2. The van der Waals surface area contributed by atoms with Crippen molar-refractivity contribution in [3.05, 3.63) is 72.3 Å². The molecule has 4 N–H and O–H groups in total. The zero-order valence-electron chi connectivity index (χ0n) is 21.4. The summed E-state index contributed by atoms with van der Waals surface area (Å²) in [5.41, 5.74) is 7.72. The van der Waals surface area contributed by atoms with Crippen molar-refractivity contribution < 1.29 is 22.7 Å². The highest BCUT2D eigenvalue weighted by atomic mass is 32.2. The maximum atomic E-state index is 13.2. The van der Waals surface area contributed by atoms with E-state index in [4.69, 9.17) is 15.2 Å². The summed E-state index contributed by atoms with van der Waals surface area (Å²) in [5, 5.41) is 13.8. The Kier molecular flexibility index (Phi) is 7.73. The number of benzene rings is 3. The molecule has 1 aliphatic heterocycles. The van der Waals surface area contributed by atoms with Gasteiger partial charge in [0.15, 0.2) is 12.4 Å². The van der Waals surface area contributed by atoms with Crippen molar-refractivity contribution in [3.8, 4) is 17.0 Å². The second-order valence-corrected chi connectivity index (χ2v) is 11.0. The average molecular weight is 548 g/mol. The minimum absolute atomic E-state index is 0.100. The van der Waals surface area contributed by atoms with Crippen LogP contribution in [-0.2, 0) is 19.6 Å². The molecule has 1 saturated heterocycles. The van der Waals surface area contributed by atoms with Crippen LogP contribution in [0.3, 0.4) is 0 Å². The van der Waals surface area contributed by atoms with Gasteiger partial charge in [-0.05, 0) is 55.7 Å². The summed E-state index contributed by atoms with van der Waals surface area (Å²) in [6, 6.07) is 19.9. The van der Waals surface area contributed by atoms with Gasteiger partial charge in [0.2, 0.25) is 10.0 Å². The van der Waals surface area contributed by atoms with Crippen LogP contribution in [0.15, 0.2) is 71.6 Å². The van der Waals surface area contributed by atoms with Crippen LogP contribution in [-0.4, -0.2) is 50.4 Å². The van der Waals surface area contributed by atoms with E-state index in [9.17, 15) is 13.2 Å². The molecular weight excluding hydrogens is 518 g/mol. The molecule has 0 aliphatic carbocycles. The predicted molar refractivity (Wildman–Crippen MR) is 148 cm³/mol. The number of carbonyl (C=O) groups excluding carboxylic acids is 1. The third-order valence-electron chi connectivity index (χ3n) is 6.46. The van der Waals surface area contributed by atoms with E-state index in [2.05, 4.69) is 20.2 Å². The number of nitrogens with one attached hydrogen (secondary N) is 2. The van der Waals surface area contributed by atoms with Gasteiger partial charge >= 0.3 is 0 Å². The van der Waals surface area contributed by atoms with Crippen LogP contribution in [0.1, 0.15) is 18.4 Å². The van der Waals surface area contributed by atoms with E-state index in [1.54, 1.807) is 43.3 Å². The Morgan fingerprint density at radius 2 is 1.85 bits per heavy atom. The number of ether oxygens (including phenoxy) is 2. The standard InChI is InChI=1S/C28H29N5O5S/c1-18-8-9-19(15-25(18)39(35,36)30-16-22-5-4-14-37-22)27-23-6-2-3-7-24(23)28(33-32-27)31-20-10-12-21(13-11-20)38-17-26(29)34/h2-3,6-13,15,22,30H,4-5,14,16-17H2,1H3,(H2,29,34)(H,31,33). The number of aromatic nitrogens is 2. The second kappa shape index (κ2) is 11.4. The molecule has 0 radical (unpaired) electrons. The number of nitrogens with two attached hydrogens (primary N) is 1. The van der Waals surface area contributed by atoms with Crippen molar-refractivity contribution in [2.75, 3.05) is 25.1 Å². The van der Waals surface area contributed by atoms with E-state index in [1.807, 2.05) is 30.3 Å². The number of aryl methyl sites for hydroxylation is 1. The fourth-order valence-electron chi connectivity index (χ4n) is 4.46. The van der Waals surface area contributed by atoms with Gasteiger partial charge in [-0.1, -0.05) is 36.4 Å². The maximum absolute atomic E-state index is 13.2. The molecule has 0 spiro atoms. The Hall–Kier alpha value is -4.06. The molecular formula is C28H29N5O5S. The summed E-state index contributed by atoms with van der Waals surface area (Å²) in [5.74, 6) is 0.506. The zero-order chi connectivity index (χ0) is 27.4. The van der Waals surface area contributed by atoms with Crippen molar-refractivity contribution in [1.82, 2.24) is 14.9 Å². The largest absolute Gasteiger partial charge is 0.484 e. The summed E-state index contributed by atoms with van der Waals surface area (Å²) in [6.45, 7) is 2.48. The van der Waals surface area contributed by atoms with Crippen LogP contribution in [0.5, 0.6) is 5.75 Å². The van der Waals surface area contributed by atoms with Crippen LogP contribution in [0.2, 0.25) is 0 Å². The summed E-state index contributed by atoms with van der Waals surface area (Å²) in [4.78, 5) is 11.1. The molecule has 4 aromatic rings. The molecule has 202 valence electrons. The molecule has 1 fully saturated rings. The first kappa shape index (κ1) is 26.5. The Morgan fingerprint density at radius 3 is 2.56 bits per heavy atom. The monoisotopic (exact) mass is 547 g/mol. The number of amides is 1. The molecule has 1 atom stereocenters. The van der Waals surface area contributed by atoms with Gasteiger partial charge in [-0.2, -0.15) is 0 Å². The molecule has 11 heteroatoms. The summed E-state index contributed by atoms with van der Waals surface area (Å²) in [6.07, 6.45) is 1.68. The number of rotatable bonds is 10. The van der Waals surface area contributed by atoms with Crippen molar-refractivity contribution >= 4 is 38.2 Å². The van der Waals surface area contributed by atoms with E-state index in [1.165, 1.54) is 0 Å².